The van der Waals surface area contributed by atoms with Crippen molar-refractivity contribution in [2.24, 2.45) is 0 Å². The van der Waals surface area contributed by atoms with E-state index in [4.69, 9.17) is 4.74 Å². The van der Waals surface area contributed by atoms with Crippen molar-refractivity contribution < 1.29 is 22.7 Å². The zero-order chi connectivity index (χ0) is 20.6. The molecule has 0 spiro atoms. The van der Waals surface area contributed by atoms with Gasteiger partial charge in [-0.2, -0.15) is 0 Å². The van der Waals surface area contributed by atoms with E-state index >= 15 is 0 Å². The number of ether oxygens (including phenoxy) is 1. The van der Waals surface area contributed by atoms with Crippen molar-refractivity contribution in [3.05, 3.63) is 65.7 Å². The Morgan fingerprint density at radius 2 is 1.79 bits per heavy atom. The number of amides is 1. The number of hydrogen-bond donors (Lipinski definition) is 2. The predicted molar refractivity (Wildman–Crippen MR) is 105 cm³/mol. The van der Waals surface area contributed by atoms with Gasteiger partial charge in [0.1, 0.15) is 0 Å². The van der Waals surface area contributed by atoms with Crippen LogP contribution in [0.15, 0.2) is 59.5 Å². The van der Waals surface area contributed by atoms with Crippen LogP contribution in [0.4, 0.5) is 0 Å². The number of esters is 1. The van der Waals surface area contributed by atoms with Crippen LogP contribution >= 0.6 is 0 Å². The summed E-state index contributed by atoms with van der Waals surface area (Å²) in [6, 6.07) is 15.2. The molecule has 1 unspecified atom stereocenters. The monoisotopic (exact) mass is 404 g/mol. The average Bonchev–Trinajstić information content (AvgIpc) is 2.68. The van der Waals surface area contributed by atoms with Gasteiger partial charge in [0.05, 0.1) is 10.5 Å². The van der Waals surface area contributed by atoms with Gasteiger partial charge in [-0.05, 0) is 37.1 Å². The summed E-state index contributed by atoms with van der Waals surface area (Å²) in [5, 5.41) is 2.72. The first kappa shape index (κ1) is 21.6. The summed E-state index contributed by atoms with van der Waals surface area (Å²) in [7, 11) is -3.69. The van der Waals surface area contributed by atoms with Crippen molar-refractivity contribution in [2.75, 3.05) is 13.1 Å². The van der Waals surface area contributed by atoms with Crippen LogP contribution in [0.5, 0.6) is 0 Å². The third-order valence-electron chi connectivity index (χ3n) is 3.92. The fraction of sp³-hybridized carbons (Fsp3) is 0.300. The molecule has 0 bridgehead atoms. The number of nitrogens with one attached hydrogen (secondary N) is 2. The van der Waals surface area contributed by atoms with Gasteiger partial charge in [-0.1, -0.05) is 43.3 Å². The van der Waals surface area contributed by atoms with Gasteiger partial charge in [0.25, 0.3) is 5.91 Å². The second kappa shape index (κ2) is 10.0. The van der Waals surface area contributed by atoms with Crippen molar-refractivity contribution in [3.63, 3.8) is 0 Å². The lowest BCUT2D eigenvalue weighted by atomic mass is 10.1. The van der Waals surface area contributed by atoms with Crippen LogP contribution in [0.25, 0.3) is 0 Å². The highest BCUT2D eigenvalue weighted by Crippen LogP contribution is 2.13. The molecule has 2 rings (SSSR count). The minimum Gasteiger partial charge on any atom is -0.449 e. The van der Waals surface area contributed by atoms with E-state index in [-0.39, 0.29) is 17.0 Å². The molecule has 2 N–H and O–H groups in total. The molecule has 0 radical (unpaired) electrons. The maximum Gasteiger partial charge on any atom is 0.338 e. The fourth-order valence-corrected chi connectivity index (χ4v) is 3.55. The van der Waals surface area contributed by atoms with Crippen LogP contribution in [0.2, 0.25) is 0 Å². The van der Waals surface area contributed by atoms with E-state index in [1.54, 1.807) is 6.92 Å². The van der Waals surface area contributed by atoms with Crippen LogP contribution in [0.1, 0.15) is 29.8 Å². The first-order valence-electron chi connectivity index (χ1n) is 8.96. The van der Waals surface area contributed by atoms with Crippen LogP contribution in [0, 0.1) is 0 Å². The third kappa shape index (κ3) is 6.17. The Hall–Kier alpha value is -2.71. The lowest BCUT2D eigenvalue weighted by Crippen LogP contribution is -2.37. The number of carbonyl (C=O) groups is 2. The first-order valence-corrected chi connectivity index (χ1v) is 10.4. The number of benzene rings is 2. The summed E-state index contributed by atoms with van der Waals surface area (Å²) >= 11 is 0. The second-order valence-electron chi connectivity index (χ2n) is 6.10. The van der Waals surface area contributed by atoms with Gasteiger partial charge >= 0.3 is 5.97 Å². The lowest BCUT2D eigenvalue weighted by molar-refractivity contribution is -0.129. The normalized spacial score (nSPS) is 12.2. The smallest absolute Gasteiger partial charge is 0.338 e. The molecule has 0 aromatic heterocycles. The average molecular weight is 404 g/mol. The number of hydrogen-bond acceptors (Lipinski definition) is 5. The highest BCUT2D eigenvalue weighted by atomic mass is 32.2. The number of carbonyl (C=O) groups excluding carboxylic acids is 2. The highest BCUT2D eigenvalue weighted by molar-refractivity contribution is 7.89. The second-order valence-corrected chi connectivity index (χ2v) is 7.87. The molecule has 7 nitrogen and oxygen atoms in total. The zero-order valence-corrected chi connectivity index (χ0v) is 16.7. The van der Waals surface area contributed by atoms with E-state index < -0.39 is 28.0 Å². The Labute approximate surface area is 165 Å². The lowest BCUT2D eigenvalue weighted by Gasteiger charge is -2.14. The summed E-state index contributed by atoms with van der Waals surface area (Å²) in [6.07, 6.45) is -0.338. The molecule has 28 heavy (non-hydrogen) atoms. The molecule has 0 saturated heterocycles. The van der Waals surface area contributed by atoms with E-state index in [1.807, 2.05) is 30.3 Å². The Balaban J connectivity index is 1.91. The van der Waals surface area contributed by atoms with Gasteiger partial charge in [-0.15, -0.1) is 0 Å². The molecule has 2 aromatic carbocycles. The van der Waals surface area contributed by atoms with Gasteiger partial charge in [0.2, 0.25) is 10.0 Å². The number of rotatable bonds is 9. The Morgan fingerprint density at radius 1 is 1.07 bits per heavy atom. The first-order chi connectivity index (χ1) is 13.3. The van der Waals surface area contributed by atoms with Gasteiger partial charge in [0, 0.05) is 13.1 Å². The molecule has 0 fully saturated rings. The summed E-state index contributed by atoms with van der Waals surface area (Å²) in [4.78, 5) is 24.4. The quantitative estimate of drug-likeness (QED) is 0.622. The van der Waals surface area contributed by atoms with Crippen LogP contribution in [-0.2, 0) is 26.0 Å². The van der Waals surface area contributed by atoms with E-state index in [9.17, 15) is 18.0 Å². The van der Waals surface area contributed by atoms with Crippen molar-refractivity contribution in [3.8, 4) is 0 Å². The minimum absolute atomic E-state index is 0.0382. The molecule has 1 atom stereocenters. The summed E-state index contributed by atoms with van der Waals surface area (Å²) in [5.41, 5.74) is 1.15. The summed E-state index contributed by atoms with van der Waals surface area (Å²) < 4.78 is 31.6. The van der Waals surface area contributed by atoms with Crippen molar-refractivity contribution >= 4 is 21.9 Å². The molecule has 0 saturated carbocycles. The summed E-state index contributed by atoms with van der Waals surface area (Å²) in [6.45, 7) is 3.78. The van der Waals surface area contributed by atoms with Gasteiger partial charge < -0.3 is 10.1 Å². The zero-order valence-electron chi connectivity index (χ0n) is 15.8. The van der Waals surface area contributed by atoms with Crippen LogP contribution < -0.4 is 10.0 Å². The topological polar surface area (TPSA) is 102 Å². The molecule has 0 aliphatic rings. The molecular weight excluding hydrogens is 380 g/mol. The van der Waals surface area contributed by atoms with Gasteiger partial charge in [0.15, 0.2) is 6.10 Å². The van der Waals surface area contributed by atoms with E-state index in [0.29, 0.717) is 13.0 Å². The van der Waals surface area contributed by atoms with Crippen molar-refractivity contribution in [1.82, 2.24) is 10.0 Å². The molecule has 0 heterocycles. The molecule has 0 aliphatic carbocycles. The Morgan fingerprint density at radius 3 is 2.46 bits per heavy atom. The molecule has 0 aliphatic heterocycles. The van der Waals surface area contributed by atoms with Crippen molar-refractivity contribution in [2.45, 2.75) is 31.3 Å². The standard InChI is InChI=1S/C20H24N2O5S/c1-3-22-28(25,26)18-11-7-10-17(14-18)20(24)27-15(2)19(23)21-13-12-16-8-5-4-6-9-16/h4-11,14-15,22H,3,12-13H2,1-2H3,(H,21,23). The molecule has 150 valence electrons. The van der Waals surface area contributed by atoms with Crippen LogP contribution in [0.3, 0.4) is 0 Å². The molecular formula is C20H24N2O5S. The highest BCUT2D eigenvalue weighted by Gasteiger charge is 2.20. The van der Waals surface area contributed by atoms with E-state index in [2.05, 4.69) is 10.0 Å². The predicted octanol–water partition coefficient (Wildman–Crippen LogP) is 1.89. The fourth-order valence-electron chi connectivity index (χ4n) is 2.46. The number of sulfonamides is 1. The van der Waals surface area contributed by atoms with Crippen molar-refractivity contribution in [1.29, 1.82) is 0 Å². The molecule has 8 heteroatoms. The maximum absolute atomic E-state index is 12.3. The maximum atomic E-state index is 12.3. The van der Waals surface area contributed by atoms with E-state index in [0.717, 1.165) is 5.56 Å². The SMILES string of the molecule is CCNS(=O)(=O)c1cccc(C(=O)OC(C)C(=O)NCCc2ccccc2)c1. The Bertz CT molecular complexity index is 913. The largest absolute Gasteiger partial charge is 0.449 e. The molecule has 2 aromatic rings. The summed E-state index contributed by atoms with van der Waals surface area (Å²) in [5.74, 6) is -1.18. The Kier molecular flexibility index (Phi) is 7.71. The van der Waals surface area contributed by atoms with Gasteiger partial charge in [-0.3, -0.25) is 4.79 Å². The van der Waals surface area contributed by atoms with Gasteiger partial charge in [-0.25, -0.2) is 17.9 Å². The minimum atomic E-state index is -3.69. The molecule has 1 amide bonds. The van der Waals surface area contributed by atoms with Crippen LogP contribution in [-0.4, -0.2) is 39.5 Å². The van der Waals surface area contributed by atoms with E-state index in [1.165, 1.54) is 31.2 Å². The third-order valence-corrected chi connectivity index (χ3v) is 5.47.